The maximum atomic E-state index is 2.62. The van der Waals surface area contributed by atoms with Crippen LogP contribution < -0.4 is 0 Å². The summed E-state index contributed by atoms with van der Waals surface area (Å²) >= 11 is 0. The van der Waals surface area contributed by atoms with Crippen LogP contribution in [0.2, 0.25) is 0 Å². The molecule has 0 nitrogen and oxygen atoms in total. The van der Waals surface area contributed by atoms with Gasteiger partial charge in [0.1, 0.15) is 0 Å². The summed E-state index contributed by atoms with van der Waals surface area (Å²) in [5.74, 6) is 4.13. The Bertz CT molecular complexity index is 902. The zero-order chi connectivity index (χ0) is 28.6. The van der Waals surface area contributed by atoms with Gasteiger partial charge in [0.2, 0.25) is 0 Å². The highest BCUT2D eigenvalue weighted by Gasteiger charge is 2.17. The van der Waals surface area contributed by atoms with Gasteiger partial charge in [0.05, 0.1) is 0 Å². The molecule has 0 aliphatic heterocycles. The van der Waals surface area contributed by atoms with Crippen molar-refractivity contribution >= 4 is 0 Å². The van der Waals surface area contributed by atoms with E-state index in [1.54, 1.807) is 44.5 Å². The zero-order valence-corrected chi connectivity index (χ0v) is 27.4. The Labute approximate surface area is 238 Å². The van der Waals surface area contributed by atoms with Crippen molar-refractivity contribution < 1.29 is 0 Å². The Morgan fingerprint density at radius 3 is 0.632 bits per heavy atom. The van der Waals surface area contributed by atoms with Crippen molar-refractivity contribution in [1.82, 2.24) is 0 Å². The van der Waals surface area contributed by atoms with E-state index in [4.69, 9.17) is 0 Å². The molecule has 0 saturated carbocycles. The summed E-state index contributed by atoms with van der Waals surface area (Å²) in [7, 11) is 0. The highest BCUT2D eigenvalue weighted by Crippen LogP contribution is 2.29. The van der Waals surface area contributed by atoms with Gasteiger partial charge in [0, 0.05) is 0 Å². The molecular formula is C38H62. The first-order chi connectivity index (χ1) is 17.7. The first-order valence-corrected chi connectivity index (χ1v) is 16.0. The summed E-state index contributed by atoms with van der Waals surface area (Å²) in [5, 5.41) is 0. The molecule has 0 unspecified atom stereocenters. The first-order valence-electron chi connectivity index (χ1n) is 16.0. The van der Waals surface area contributed by atoms with Crippen LogP contribution in [0.3, 0.4) is 0 Å². The second kappa shape index (κ2) is 15.3. The molecule has 214 valence electrons. The van der Waals surface area contributed by atoms with Gasteiger partial charge in [0.15, 0.2) is 0 Å². The van der Waals surface area contributed by atoms with Crippen molar-refractivity contribution in [2.75, 3.05) is 0 Å². The van der Waals surface area contributed by atoms with E-state index in [1.165, 1.54) is 38.5 Å². The zero-order valence-electron chi connectivity index (χ0n) is 27.4. The lowest BCUT2D eigenvalue weighted by atomic mass is 9.83. The van der Waals surface area contributed by atoms with Gasteiger partial charge in [-0.15, -0.1) is 0 Å². The molecule has 0 amide bonds. The van der Waals surface area contributed by atoms with Crippen LogP contribution in [-0.2, 0) is 51.4 Å². The standard InChI is InChI=1S/C38H62/c1-25(2)15-33-23-37(19-29(9)10)35(17-27(5)6)21-31(33)13-14-32-22-36(18-28(7)8)38(20-30(11)12)24-34(32)16-26(3)4/h21-30H,13-20H2,1-12H3. The Morgan fingerprint density at radius 2 is 0.447 bits per heavy atom. The van der Waals surface area contributed by atoms with E-state index in [2.05, 4.69) is 107 Å². The minimum absolute atomic E-state index is 0.682. The van der Waals surface area contributed by atoms with E-state index < -0.39 is 0 Å². The fraction of sp³-hybridized carbons (Fsp3) is 0.684. The van der Waals surface area contributed by atoms with Gasteiger partial charge in [-0.05, 0) is 131 Å². The van der Waals surface area contributed by atoms with Crippen molar-refractivity contribution in [2.24, 2.45) is 35.5 Å². The molecule has 0 radical (unpaired) electrons. The van der Waals surface area contributed by atoms with Crippen LogP contribution in [-0.4, -0.2) is 0 Å². The summed E-state index contributed by atoms with van der Waals surface area (Å²) < 4.78 is 0. The molecule has 0 heteroatoms. The van der Waals surface area contributed by atoms with Crippen LogP contribution in [0.15, 0.2) is 24.3 Å². The average Bonchev–Trinajstić information content (AvgIpc) is 2.74. The fourth-order valence-corrected chi connectivity index (χ4v) is 6.10. The first kappa shape index (κ1) is 32.7. The third kappa shape index (κ3) is 10.9. The summed E-state index contributed by atoms with van der Waals surface area (Å²) in [6.07, 6.45) is 9.47. The normalized spacial score (nSPS) is 12.4. The van der Waals surface area contributed by atoms with Gasteiger partial charge >= 0.3 is 0 Å². The molecule has 0 aliphatic rings. The fourth-order valence-electron chi connectivity index (χ4n) is 6.10. The van der Waals surface area contributed by atoms with Crippen LogP contribution >= 0.6 is 0 Å². The average molecular weight is 519 g/mol. The maximum Gasteiger partial charge on any atom is -0.0235 e. The lowest BCUT2D eigenvalue weighted by molar-refractivity contribution is 0.606. The number of benzene rings is 2. The Balaban J connectivity index is 2.54. The summed E-state index contributed by atoms with van der Waals surface area (Å²) in [6, 6.07) is 10.5. The molecule has 0 aliphatic carbocycles. The van der Waals surface area contributed by atoms with Gasteiger partial charge in [-0.2, -0.15) is 0 Å². The molecule has 0 N–H and O–H groups in total. The molecule has 0 fully saturated rings. The van der Waals surface area contributed by atoms with Crippen LogP contribution in [0.5, 0.6) is 0 Å². The van der Waals surface area contributed by atoms with Crippen molar-refractivity contribution in [3.63, 3.8) is 0 Å². The number of hydrogen-bond donors (Lipinski definition) is 0. The molecule has 0 aromatic heterocycles. The number of hydrogen-bond acceptors (Lipinski definition) is 0. The van der Waals surface area contributed by atoms with Gasteiger partial charge in [-0.1, -0.05) is 107 Å². The number of rotatable bonds is 15. The van der Waals surface area contributed by atoms with Gasteiger partial charge in [0.25, 0.3) is 0 Å². The minimum atomic E-state index is 0.682. The highest BCUT2D eigenvalue weighted by atomic mass is 14.2. The van der Waals surface area contributed by atoms with Gasteiger partial charge in [-0.3, -0.25) is 0 Å². The van der Waals surface area contributed by atoms with Gasteiger partial charge < -0.3 is 0 Å². The SMILES string of the molecule is CC(C)Cc1cc(CC(C)C)c(CC(C)C)cc1CCc1cc(CC(C)C)c(CC(C)C)cc1CC(C)C. The molecule has 2 rings (SSSR count). The minimum Gasteiger partial charge on any atom is -0.0625 e. The highest BCUT2D eigenvalue weighted by molar-refractivity contribution is 5.43. The predicted octanol–water partition coefficient (Wildman–Crippen LogP) is 10.7. The summed E-state index contributed by atoms with van der Waals surface area (Å²) in [5.41, 5.74) is 12.8. The van der Waals surface area contributed by atoms with E-state index in [-0.39, 0.29) is 0 Å². The van der Waals surface area contributed by atoms with Crippen LogP contribution in [0, 0.1) is 35.5 Å². The van der Waals surface area contributed by atoms with Crippen molar-refractivity contribution in [2.45, 2.75) is 134 Å². The lowest BCUT2D eigenvalue weighted by Gasteiger charge is -2.22. The maximum absolute atomic E-state index is 2.62. The van der Waals surface area contributed by atoms with E-state index in [0.29, 0.717) is 35.5 Å². The third-order valence-corrected chi connectivity index (χ3v) is 7.48. The molecule has 0 saturated heterocycles. The van der Waals surface area contributed by atoms with Crippen LogP contribution in [0.4, 0.5) is 0 Å². The predicted molar refractivity (Wildman–Crippen MR) is 172 cm³/mol. The summed E-state index contributed by atoms with van der Waals surface area (Å²) in [4.78, 5) is 0. The molecule has 2 aromatic rings. The van der Waals surface area contributed by atoms with Crippen LogP contribution in [0.1, 0.15) is 128 Å². The monoisotopic (exact) mass is 518 g/mol. The molecule has 38 heavy (non-hydrogen) atoms. The smallest absolute Gasteiger partial charge is 0.0235 e. The summed E-state index contributed by atoms with van der Waals surface area (Å²) in [6.45, 7) is 28.4. The number of aryl methyl sites for hydroxylation is 2. The lowest BCUT2D eigenvalue weighted by Crippen LogP contribution is -2.11. The topological polar surface area (TPSA) is 0 Å². The Morgan fingerprint density at radius 1 is 0.289 bits per heavy atom. The Kier molecular flexibility index (Phi) is 13.1. The largest absolute Gasteiger partial charge is 0.0625 e. The molecule has 2 aromatic carbocycles. The van der Waals surface area contributed by atoms with E-state index in [1.807, 2.05) is 0 Å². The molecule has 0 bridgehead atoms. The van der Waals surface area contributed by atoms with E-state index in [0.717, 1.165) is 12.8 Å². The van der Waals surface area contributed by atoms with Gasteiger partial charge in [-0.25, -0.2) is 0 Å². The van der Waals surface area contributed by atoms with E-state index in [9.17, 15) is 0 Å². The van der Waals surface area contributed by atoms with Crippen molar-refractivity contribution in [3.05, 3.63) is 68.8 Å². The van der Waals surface area contributed by atoms with Crippen molar-refractivity contribution in [3.8, 4) is 0 Å². The molecule has 0 heterocycles. The third-order valence-electron chi connectivity index (χ3n) is 7.48. The second-order valence-corrected chi connectivity index (χ2v) is 14.9. The van der Waals surface area contributed by atoms with E-state index >= 15 is 0 Å². The van der Waals surface area contributed by atoms with Crippen LogP contribution in [0.25, 0.3) is 0 Å². The quantitative estimate of drug-likeness (QED) is 0.220. The molecular weight excluding hydrogens is 456 g/mol. The second-order valence-electron chi connectivity index (χ2n) is 14.9. The molecule has 0 spiro atoms. The Hall–Kier alpha value is -1.56. The molecule has 0 atom stereocenters. The van der Waals surface area contributed by atoms with Crippen molar-refractivity contribution in [1.29, 1.82) is 0 Å².